The molecule has 6 nitrogen and oxygen atoms in total. The van der Waals surface area contributed by atoms with Crippen molar-refractivity contribution in [3.8, 4) is 0 Å². The minimum Gasteiger partial charge on any atom is -0.366 e. The third-order valence-corrected chi connectivity index (χ3v) is 5.94. The Labute approximate surface area is 148 Å². The fourth-order valence-corrected chi connectivity index (χ4v) is 4.36. The fraction of sp³-hybridized carbons (Fsp3) is 0.632. The van der Waals surface area contributed by atoms with Gasteiger partial charge < -0.3 is 15.5 Å². The van der Waals surface area contributed by atoms with E-state index < -0.39 is 5.91 Å². The van der Waals surface area contributed by atoms with Crippen molar-refractivity contribution in [1.82, 2.24) is 9.88 Å². The van der Waals surface area contributed by atoms with E-state index in [2.05, 4.69) is 14.8 Å². The van der Waals surface area contributed by atoms with Crippen LogP contribution in [0.1, 0.15) is 48.9 Å². The third kappa shape index (κ3) is 3.48. The average molecular weight is 342 g/mol. The van der Waals surface area contributed by atoms with Crippen molar-refractivity contribution >= 4 is 17.6 Å². The van der Waals surface area contributed by atoms with E-state index in [0.717, 1.165) is 57.2 Å². The van der Waals surface area contributed by atoms with Crippen LogP contribution in [-0.4, -0.2) is 47.9 Å². The van der Waals surface area contributed by atoms with Gasteiger partial charge in [0.2, 0.25) is 11.8 Å². The Morgan fingerprint density at radius 2 is 2.16 bits per heavy atom. The maximum atomic E-state index is 12.3. The molecule has 1 aromatic heterocycles. The van der Waals surface area contributed by atoms with Crippen molar-refractivity contribution < 1.29 is 9.59 Å². The molecule has 25 heavy (non-hydrogen) atoms. The number of primary amides is 1. The number of carbonyl (C=O) groups excluding carboxylic acids is 2. The lowest BCUT2D eigenvalue weighted by molar-refractivity contribution is -0.138. The second-order valence-corrected chi connectivity index (χ2v) is 8.01. The van der Waals surface area contributed by atoms with Gasteiger partial charge in [-0.25, -0.2) is 4.98 Å². The van der Waals surface area contributed by atoms with Gasteiger partial charge in [-0.3, -0.25) is 9.59 Å². The third-order valence-electron chi connectivity index (χ3n) is 5.94. The van der Waals surface area contributed by atoms with E-state index in [0.29, 0.717) is 17.9 Å². The molecule has 2 N–H and O–H groups in total. The first-order chi connectivity index (χ1) is 12.0. The molecule has 6 heteroatoms. The van der Waals surface area contributed by atoms with Crippen LogP contribution in [0.3, 0.4) is 0 Å². The molecule has 1 atom stereocenters. The second-order valence-electron chi connectivity index (χ2n) is 8.01. The van der Waals surface area contributed by atoms with Gasteiger partial charge in [-0.1, -0.05) is 0 Å². The number of rotatable bonds is 4. The van der Waals surface area contributed by atoms with E-state index in [4.69, 9.17) is 5.73 Å². The number of pyridine rings is 1. The zero-order chi connectivity index (χ0) is 17.4. The SMILES string of the molecule is NC(=O)c1ccnc(N2CCC[C@@]3(CCC(=O)N(CC4CC4)C3)C2)c1. The van der Waals surface area contributed by atoms with Crippen LogP contribution in [-0.2, 0) is 4.79 Å². The molecule has 2 aliphatic heterocycles. The first kappa shape index (κ1) is 16.4. The Morgan fingerprint density at radius 1 is 1.32 bits per heavy atom. The number of hydrogen-bond acceptors (Lipinski definition) is 4. The lowest BCUT2D eigenvalue weighted by atomic mass is 9.73. The number of nitrogens with two attached hydrogens (primary N) is 1. The van der Waals surface area contributed by atoms with E-state index in [1.54, 1.807) is 18.3 Å². The summed E-state index contributed by atoms with van der Waals surface area (Å²) in [5, 5.41) is 0. The molecule has 1 saturated carbocycles. The lowest BCUT2D eigenvalue weighted by Crippen LogP contribution is -2.54. The molecule has 0 aromatic carbocycles. The van der Waals surface area contributed by atoms with Gasteiger partial charge in [-0.05, 0) is 50.2 Å². The molecule has 0 radical (unpaired) electrons. The smallest absolute Gasteiger partial charge is 0.248 e. The van der Waals surface area contributed by atoms with Crippen LogP contribution in [0.15, 0.2) is 18.3 Å². The quantitative estimate of drug-likeness (QED) is 0.905. The summed E-state index contributed by atoms with van der Waals surface area (Å²) in [6.45, 7) is 3.65. The van der Waals surface area contributed by atoms with E-state index in [1.807, 2.05) is 0 Å². The summed E-state index contributed by atoms with van der Waals surface area (Å²) in [7, 11) is 0. The molecule has 1 aliphatic carbocycles. The van der Waals surface area contributed by atoms with Gasteiger partial charge in [0, 0.05) is 49.8 Å². The van der Waals surface area contributed by atoms with Crippen molar-refractivity contribution in [1.29, 1.82) is 0 Å². The Balaban J connectivity index is 1.50. The summed E-state index contributed by atoms with van der Waals surface area (Å²) in [4.78, 5) is 32.6. The van der Waals surface area contributed by atoms with Crippen LogP contribution in [0, 0.1) is 11.3 Å². The number of anilines is 1. The van der Waals surface area contributed by atoms with Gasteiger partial charge in [0.25, 0.3) is 0 Å². The van der Waals surface area contributed by atoms with Crippen LogP contribution < -0.4 is 10.6 Å². The van der Waals surface area contributed by atoms with E-state index >= 15 is 0 Å². The van der Waals surface area contributed by atoms with Crippen molar-refractivity contribution in [3.05, 3.63) is 23.9 Å². The fourth-order valence-electron chi connectivity index (χ4n) is 4.36. The maximum Gasteiger partial charge on any atom is 0.248 e. The van der Waals surface area contributed by atoms with Gasteiger partial charge >= 0.3 is 0 Å². The number of aromatic nitrogens is 1. The number of amides is 2. The summed E-state index contributed by atoms with van der Waals surface area (Å²) in [5.41, 5.74) is 6.06. The highest BCUT2D eigenvalue weighted by Crippen LogP contribution is 2.41. The highest BCUT2D eigenvalue weighted by atomic mass is 16.2. The highest BCUT2D eigenvalue weighted by Gasteiger charge is 2.43. The summed E-state index contributed by atoms with van der Waals surface area (Å²) in [6.07, 6.45) is 8.07. The van der Waals surface area contributed by atoms with E-state index in [9.17, 15) is 9.59 Å². The van der Waals surface area contributed by atoms with E-state index in [1.165, 1.54) is 12.8 Å². The number of carbonyl (C=O) groups is 2. The first-order valence-corrected chi connectivity index (χ1v) is 9.33. The predicted molar refractivity (Wildman–Crippen MR) is 95.2 cm³/mol. The van der Waals surface area contributed by atoms with Crippen molar-refractivity contribution in [2.75, 3.05) is 31.1 Å². The highest BCUT2D eigenvalue weighted by molar-refractivity contribution is 5.93. The Hall–Kier alpha value is -2.11. The normalized spacial score (nSPS) is 27.0. The number of piperidine rings is 2. The van der Waals surface area contributed by atoms with Gasteiger partial charge in [-0.15, -0.1) is 0 Å². The zero-order valence-electron chi connectivity index (χ0n) is 14.6. The molecule has 4 rings (SSSR count). The number of nitrogens with zero attached hydrogens (tertiary/aromatic N) is 3. The van der Waals surface area contributed by atoms with Crippen LogP contribution in [0.5, 0.6) is 0 Å². The van der Waals surface area contributed by atoms with Gasteiger partial charge in [0.05, 0.1) is 0 Å². The van der Waals surface area contributed by atoms with Crippen LogP contribution >= 0.6 is 0 Å². The monoisotopic (exact) mass is 342 g/mol. The minimum atomic E-state index is -0.422. The molecule has 0 unspecified atom stereocenters. The first-order valence-electron chi connectivity index (χ1n) is 9.33. The van der Waals surface area contributed by atoms with Gasteiger partial charge in [0.15, 0.2) is 0 Å². The molecule has 3 fully saturated rings. The summed E-state index contributed by atoms with van der Waals surface area (Å²) in [6, 6.07) is 3.44. The second kappa shape index (κ2) is 6.32. The Kier molecular flexibility index (Phi) is 4.13. The topological polar surface area (TPSA) is 79.5 Å². The lowest BCUT2D eigenvalue weighted by Gasteiger charge is -2.48. The van der Waals surface area contributed by atoms with Crippen molar-refractivity contribution in [2.45, 2.75) is 38.5 Å². The molecule has 1 aromatic rings. The van der Waals surface area contributed by atoms with E-state index in [-0.39, 0.29) is 5.41 Å². The molecule has 1 spiro atoms. The average Bonchev–Trinajstić information content (AvgIpc) is 3.43. The van der Waals surface area contributed by atoms with Gasteiger partial charge in [0.1, 0.15) is 5.82 Å². The summed E-state index contributed by atoms with van der Waals surface area (Å²) in [5.74, 6) is 1.45. The predicted octanol–water partition coefficient (Wildman–Crippen LogP) is 1.80. The maximum absolute atomic E-state index is 12.3. The number of likely N-dealkylation sites (tertiary alicyclic amines) is 1. The van der Waals surface area contributed by atoms with Crippen LogP contribution in [0.4, 0.5) is 5.82 Å². The minimum absolute atomic E-state index is 0.158. The summed E-state index contributed by atoms with van der Waals surface area (Å²) >= 11 is 0. The molecule has 2 amide bonds. The molecule has 2 saturated heterocycles. The molecule has 134 valence electrons. The van der Waals surface area contributed by atoms with Gasteiger partial charge in [-0.2, -0.15) is 0 Å². The molecular weight excluding hydrogens is 316 g/mol. The zero-order valence-corrected chi connectivity index (χ0v) is 14.6. The molecular formula is C19H26N4O2. The van der Waals surface area contributed by atoms with Crippen molar-refractivity contribution in [2.24, 2.45) is 17.1 Å². The standard InChI is InChI=1S/C19H26N4O2/c20-18(25)15-5-8-21-16(10-15)22-9-1-6-19(12-22)7-4-17(24)23(13-19)11-14-2-3-14/h5,8,10,14H,1-4,6-7,9,11-13H2,(H2,20,25)/t19-/m1/s1. The van der Waals surface area contributed by atoms with Crippen molar-refractivity contribution in [3.63, 3.8) is 0 Å². The summed E-state index contributed by atoms with van der Waals surface area (Å²) < 4.78 is 0. The van der Waals surface area contributed by atoms with Crippen LogP contribution in [0.2, 0.25) is 0 Å². The largest absolute Gasteiger partial charge is 0.366 e. The van der Waals surface area contributed by atoms with Crippen LogP contribution in [0.25, 0.3) is 0 Å². The number of hydrogen-bond donors (Lipinski definition) is 1. The molecule has 3 aliphatic rings. The molecule has 0 bridgehead atoms. The Bertz CT molecular complexity index is 688. The molecule has 3 heterocycles. The Morgan fingerprint density at radius 3 is 2.92 bits per heavy atom.